The zero-order chi connectivity index (χ0) is 14.7. The van der Waals surface area contributed by atoms with E-state index in [9.17, 15) is 9.59 Å². The van der Waals surface area contributed by atoms with Crippen molar-refractivity contribution in [3.63, 3.8) is 0 Å². The molecule has 1 fully saturated rings. The quantitative estimate of drug-likeness (QED) is 0.764. The number of hydrogen-bond donors (Lipinski definition) is 2. The van der Waals surface area contributed by atoms with E-state index in [1.165, 1.54) is 10.9 Å². The van der Waals surface area contributed by atoms with Crippen LogP contribution in [0.15, 0.2) is 28.1 Å². The summed E-state index contributed by atoms with van der Waals surface area (Å²) < 4.78 is 1.65. The molecule has 2 rings (SSSR count). The Morgan fingerprint density at radius 1 is 1.70 bits per heavy atom. The van der Waals surface area contributed by atoms with E-state index in [0.717, 1.165) is 12.8 Å². The van der Waals surface area contributed by atoms with E-state index in [1.54, 1.807) is 13.0 Å². The summed E-state index contributed by atoms with van der Waals surface area (Å²) in [6, 6.07) is -0.114. The first kappa shape index (κ1) is 14.8. The van der Waals surface area contributed by atoms with E-state index in [2.05, 4.69) is 38.2 Å². The molecule has 2 N–H and O–H groups in total. The molecule has 1 aromatic heterocycles. The van der Waals surface area contributed by atoms with Gasteiger partial charge in [0, 0.05) is 6.04 Å². The Balaban J connectivity index is 2.08. The molecule has 0 bridgehead atoms. The van der Waals surface area contributed by atoms with E-state index < -0.39 is 6.04 Å². The Kier molecular flexibility index (Phi) is 4.59. The minimum atomic E-state index is -0.427. The van der Waals surface area contributed by atoms with Crippen LogP contribution in [0, 0.1) is 0 Å². The third kappa shape index (κ3) is 3.47. The molecule has 7 heteroatoms. The molecule has 0 aromatic carbocycles. The van der Waals surface area contributed by atoms with Crippen LogP contribution in [0.1, 0.15) is 19.8 Å². The Morgan fingerprint density at radius 3 is 3.00 bits per heavy atom. The molecule has 0 radical (unpaired) electrons. The predicted octanol–water partition coefficient (Wildman–Crippen LogP) is 1.27. The van der Waals surface area contributed by atoms with Gasteiger partial charge in [0.05, 0.1) is 18.4 Å². The highest BCUT2D eigenvalue weighted by molar-refractivity contribution is 9.10. The van der Waals surface area contributed by atoms with Gasteiger partial charge in [-0.15, -0.1) is 6.58 Å². The molecule has 20 heavy (non-hydrogen) atoms. The summed E-state index contributed by atoms with van der Waals surface area (Å²) in [4.78, 5) is 23.8. The average molecular weight is 341 g/mol. The molecule has 0 spiro atoms. The average Bonchev–Trinajstić information content (AvgIpc) is 3.22. The van der Waals surface area contributed by atoms with Crippen molar-refractivity contribution in [3.05, 3.63) is 33.7 Å². The molecule has 0 saturated heterocycles. The van der Waals surface area contributed by atoms with Crippen molar-refractivity contribution in [1.29, 1.82) is 0 Å². The van der Waals surface area contributed by atoms with Gasteiger partial charge in [-0.25, -0.2) is 4.68 Å². The minimum absolute atomic E-state index is 0.0744. The normalized spacial score (nSPS) is 15.5. The summed E-state index contributed by atoms with van der Waals surface area (Å²) >= 11 is 3.24. The lowest BCUT2D eigenvalue weighted by atomic mass is 10.3. The smallest absolute Gasteiger partial charge is 0.283 e. The van der Waals surface area contributed by atoms with Crippen molar-refractivity contribution < 1.29 is 4.79 Å². The molecule has 1 atom stereocenters. The number of allylic oxidation sites excluding steroid dienone is 1. The molecule has 6 nitrogen and oxygen atoms in total. The van der Waals surface area contributed by atoms with Crippen LogP contribution in [-0.2, 0) is 11.3 Å². The zero-order valence-corrected chi connectivity index (χ0v) is 12.8. The Hall–Kier alpha value is -1.63. The van der Waals surface area contributed by atoms with Crippen LogP contribution in [0.3, 0.4) is 0 Å². The second-order valence-corrected chi connectivity index (χ2v) is 5.59. The lowest BCUT2D eigenvalue weighted by molar-refractivity contribution is -0.121. The van der Waals surface area contributed by atoms with Crippen LogP contribution in [0.5, 0.6) is 0 Å². The highest BCUT2D eigenvalue weighted by Gasteiger charge is 2.26. The van der Waals surface area contributed by atoms with Gasteiger partial charge in [-0.3, -0.25) is 9.59 Å². The molecular weight excluding hydrogens is 324 g/mol. The van der Waals surface area contributed by atoms with Gasteiger partial charge in [0.25, 0.3) is 5.56 Å². The van der Waals surface area contributed by atoms with Crippen molar-refractivity contribution in [3.8, 4) is 0 Å². The summed E-state index contributed by atoms with van der Waals surface area (Å²) in [7, 11) is 0. The van der Waals surface area contributed by atoms with Crippen molar-refractivity contribution in [2.75, 3.05) is 5.32 Å². The summed E-state index contributed by atoms with van der Waals surface area (Å²) in [6.45, 7) is 5.66. The van der Waals surface area contributed by atoms with Crippen LogP contribution >= 0.6 is 15.9 Å². The second kappa shape index (κ2) is 6.21. The van der Waals surface area contributed by atoms with Crippen LogP contribution < -0.4 is 16.2 Å². The van der Waals surface area contributed by atoms with Gasteiger partial charge in [-0.2, -0.15) is 5.10 Å². The van der Waals surface area contributed by atoms with Gasteiger partial charge in [0.2, 0.25) is 5.91 Å². The number of hydrogen-bond acceptors (Lipinski definition) is 4. The molecule has 1 saturated carbocycles. The first-order chi connectivity index (χ1) is 9.52. The Morgan fingerprint density at radius 2 is 2.40 bits per heavy atom. The standard InChI is InChI=1S/C13H17BrN4O2/c1-3-6-18-13(20)11(14)10(7-15-18)16-8(2)12(19)17-9-4-5-9/h3,7-9,16H,1,4-6H2,2H3,(H,17,19). The molecule has 1 amide bonds. The fourth-order valence-electron chi connectivity index (χ4n) is 1.67. The fraction of sp³-hybridized carbons (Fsp3) is 0.462. The summed E-state index contributed by atoms with van der Waals surface area (Å²) in [5.41, 5.74) is 0.249. The molecule has 1 heterocycles. The molecule has 108 valence electrons. The van der Waals surface area contributed by atoms with Crippen LogP contribution in [0.4, 0.5) is 5.69 Å². The van der Waals surface area contributed by atoms with E-state index in [4.69, 9.17) is 0 Å². The largest absolute Gasteiger partial charge is 0.372 e. The highest BCUT2D eigenvalue weighted by atomic mass is 79.9. The Bertz CT molecular complexity index is 580. The molecule has 1 aliphatic rings. The van der Waals surface area contributed by atoms with Gasteiger partial charge in [0.15, 0.2) is 0 Å². The van der Waals surface area contributed by atoms with Crippen molar-refractivity contribution in [2.45, 2.75) is 38.4 Å². The molecule has 1 unspecified atom stereocenters. The number of aromatic nitrogens is 2. The number of nitrogens with zero attached hydrogens (tertiary/aromatic N) is 2. The monoisotopic (exact) mass is 340 g/mol. The van der Waals surface area contributed by atoms with E-state index in [-0.39, 0.29) is 11.5 Å². The maximum Gasteiger partial charge on any atom is 0.283 e. The van der Waals surface area contributed by atoms with Crippen LogP contribution in [0.25, 0.3) is 0 Å². The first-order valence-electron chi connectivity index (χ1n) is 6.46. The van der Waals surface area contributed by atoms with Crippen LogP contribution in [0.2, 0.25) is 0 Å². The van der Waals surface area contributed by atoms with Gasteiger partial charge in [-0.1, -0.05) is 6.08 Å². The summed E-state index contributed by atoms with van der Waals surface area (Å²) in [5, 5.41) is 9.92. The van der Waals surface area contributed by atoms with Crippen molar-refractivity contribution in [2.24, 2.45) is 0 Å². The number of halogens is 1. The third-order valence-corrected chi connectivity index (χ3v) is 3.74. The number of carbonyl (C=O) groups excluding carboxylic acids is 1. The second-order valence-electron chi connectivity index (χ2n) is 4.80. The van der Waals surface area contributed by atoms with Gasteiger partial charge >= 0.3 is 0 Å². The van der Waals surface area contributed by atoms with Crippen LogP contribution in [-0.4, -0.2) is 27.8 Å². The van der Waals surface area contributed by atoms with Gasteiger partial charge < -0.3 is 10.6 Å². The SMILES string of the molecule is C=CCn1ncc(NC(C)C(=O)NC2CC2)c(Br)c1=O. The van der Waals surface area contributed by atoms with Crippen molar-refractivity contribution >= 4 is 27.5 Å². The highest BCUT2D eigenvalue weighted by Crippen LogP contribution is 2.20. The first-order valence-corrected chi connectivity index (χ1v) is 7.25. The fourth-order valence-corrected chi connectivity index (χ4v) is 2.09. The maximum absolute atomic E-state index is 12.0. The van der Waals surface area contributed by atoms with Gasteiger partial charge in [-0.05, 0) is 35.7 Å². The number of carbonyl (C=O) groups is 1. The van der Waals surface area contributed by atoms with E-state index >= 15 is 0 Å². The third-order valence-electron chi connectivity index (χ3n) is 2.98. The summed E-state index contributed by atoms with van der Waals surface area (Å²) in [5.74, 6) is -0.0744. The minimum Gasteiger partial charge on any atom is -0.372 e. The lowest BCUT2D eigenvalue weighted by Gasteiger charge is -2.16. The maximum atomic E-state index is 12.0. The number of rotatable bonds is 6. The topological polar surface area (TPSA) is 76.0 Å². The van der Waals surface area contributed by atoms with Gasteiger partial charge in [0.1, 0.15) is 10.5 Å². The molecular formula is C13H17BrN4O2. The van der Waals surface area contributed by atoms with Crippen molar-refractivity contribution in [1.82, 2.24) is 15.1 Å². The lowest BCUT2D eigenvalue weighted by Crippen LogP contribution is -2.39. The van der Waals surface area contributed by atoms with E-state index in [0.29, 0.717) is 22.7 Å². The zero-order valence-electron chi connectivity index (χ0n) is 11.2. The number of nitrogens with one attached hydrogen (secondary N) is 2. The predicted molar refractivity (Wildman–Crippen MR) is 80.6 cm³/mol. The van der Waals surface area contributed by atoms with E-state index in [1.807, 2.05) is 0 Å². The molecule has 1 aromatic rings. The molecule has 1 aliphatic carbocycles. The molecule has 0 aliphatic heterocycles. The number of amides is 1. The number of anilines is 1. The summed E-state index contributed by atoms with van der Waals surface area (Å²) in [6.07, 6.45) is 5.21. The Labute approximate surface area is 125 Å².